The summed E-state index contributed by atoms with van der Waals surface area (Å²) in [6.45, 7) is 0.735. The van der Waals surface area contributed by atoms with Gasteiger partial charge in [0.25, 0.3) is 0 Å². The molecule has 0 radical (unpaired) electrons. The average molecular weight is 294 g/mol. The Bertz CT molecular complexity index is 574. The van der Waals surface area contributed by atoms with Crippen LogP contribution in [-0.2, 0) is 13.0 Å². The maximum absolute atomic E-state index is 13.3. The van der Waals surface area contributed by atoms with E-state index in [0.717, 1.165) is 24.1 Å². The minimum Gasteiger partial charge on any atom is -0.396 e. The SMILES string of the molecule is OCCCc1cccc(NCc2ccc(Cl)c(F)c2)c1. The van der Waals surface area contributed by atoms with E-state index in [-0.39, 0.29) is 11.6 Å². The summed E-state index contributed by atoms with van der Waals surface area (Å²) in [5.41, 5.74) is 3.00. The van der Waals surface area contributed by atoms with Gasteiger partial charge < -0.3 is 10.4 Å². The van der Waals surface area contributed by atoms with Gasteiger partial charge in [-0.1, -0.05) is 29.8 Å². The predicted molar refractivity (Wildman–Crippen MR) is 80.6 cm³/mol. The molecule has 2 nitrogen and oxygen atoms in total. The minimum atomic E-state index is -0.400. The highest BCUT2D eigenvalue weighted by molar-refractivity contribution is 6.30. The fourth-order valence-electron chi connectivity index (χ4n) is 1.97. The Morgan fingerprint density at radius 1 is 1.10 bits per heavy atom. The van der Waals surface area contributed by atoms with Gasteiger partial charge in [0.2, 0.25) is 0 Å². The van der Waals surface area contributed by atoms with Crippen molar-refractivity contribution in [3.8, 4) is 0 Å². The normalized spacial score (nSPS) is 10.6. The van der Waals surface area contributed by atoms with Crippen LogP contribution in [0.15, 0.2) is 42.5 Å². The second-order valence-corrected chi connectivity index (χ2v) is 5.04. The number of aliphatic hydroxyl groups is 1. The van der Waals surface area contributed by atoms with E-state index in [0.29, 0.717) is 6.54 Å². The van der Waals surface area contributed by atoms with Crippen molar-refractivity contribution < 1.29 is 9.50 Å². The summed E-state index contributed by atoms with van der Waals surface area (Å²) in [6, 6.07) is 12.8. The van der Waals surface area contributed by atoms with Crippen molar-refractivity contribution in [2.24, 2.45) is 0 Å². The maximum atomic E-state index is 13.3. The molecule has 0 saturated carbocycles. The first kappa shape index (κ1) is 14.8. The summed E-state index contributed by atoms with van der Waals surface area (Å²) >= 11 is 5.65. The first-order chi connectivity index (χ1) is 9.69. The number of anilines is 1. The topological polar surface area (TPSA) is 32.3 Å². The molecule has 0 atom stereocenters. The lowest BCUT2D eigenvalue weighted by Gasteiger charge is -2.09. The number of aliphatic hydroxyl groups excluding tert-OH is 1. The zero-order chi connectivity index (χ0) is 14.4. The van der Waals surface area contributed by atoms with Crippen molar-refractivity contribution in [3.05, 3.63) is 64.4 Å². The molecule has 0 aliphatic rings. The number of hydrogen-bond donors (Lipinski definition) is 2. The van der Waals surface area contributed by atoms with Gasteiger partial charge in [-0.25, -0.2) is 4.39 Å². The summed E-state index contributed by atoms with van der Waals surface area (Å²) in [5.74, 6) is -0.400. The fraction of sp³-hybridized carbons (Fsp3) is 0.250. The van der Waals surface area contributed by atoms with Crippen LogP contribution in [0, 0.1) is 5.82 Å². The van der Waals surface area contributed by atoms with Crippen molar-refractivity contribution >= 4 is 17.3 Å². The third kappa shape index (κ3) is 4.22. The summed E-state index contributed by atoms with van der Waals surface area (Å²) in [5, 5.41) is 12.2. The standard InChI is InChI=1S/C16H17ClFNO/c17-15-7-6-13(10-16(15)18)11-19-14-5-1-3-12(9-14)4-2-8-20/h1,3,5-7,9-10,19-20H,2,4,8,11H2. The van der Waals surface area contributed by atoms with Gasteiger partial charge in [-0.05, 0) is 48.2 Å². The Hall–Kier alpha value is -1.58. The van der Waals surface area contributed by atoms with Crippen LogP contribution in [0.5, 0.6) is 0 Å². The third-order valence-electron chi connectivity index (χ3n) is 3.03. The number of rotatable bonds is 6. The zero-order valence-corrected chi connectivity index (χ0v) is 11.8. The first-order valence-electron chi connectivity index (χ1n) is 6.56. The monoisotopic (exact) mass is 293 g/mol. The number of halogens is 2. The summed E-state index contributed by atoms with van der Waals surface area (Å²) in [4.78, 5) is 0. The van der Waals surface area contributed by atoms with Crippen LogP contribution >= 0.6 is 11.6 Å². The van der Waals surface area contributed by atoms with Crippen LogP contribution in [-0.4, -0.2) is 11.7 Å². The van der Waals surface area contributed by atoms with Crippen molar-refractivity contribution in [1.29, 1.82) is 0 Å². The van der Waals surface area contributed by atoms with E-state index in [2.05, 4.69) is 5.32 Å². The molecule has 106 valence electrons. The first-order valence-corrected chi connectivity index (χ1v) is 6.94. The van der Waals surface area contributed by atoms with E-state index in [9.17, 15) is 4.39 Å². The largest absolute Gasteiger partial charge is 0.396 e. The molecule has 0 saturated heterocycles. The van der Waals surface area contributed by atoms with Crippen LogP contribution in [0.25, 0.3) is 0 Å². The lowest BCUT2D eigenvalue weighted by molar-refractivity contribution is 0.288. The summed E-state index contributed by atoms with van der Waals surface area (Å²) in [7, 11) is 0. The molecule has 0 aliphatic heterocycles. The number of benzene rings is 2. The summed E-state index contributed by atoms with van der Waals surface area (Å²) < 4.78 is 13.3. The molecule has 0 aliphatic carbocycles. The van der Waals surface area contributed by atoms with Crippen LogP contribution in [0.1, 0.15) is 17.5 Å². The molecule has 0 heterocycles. The molecule has 2 rings (SSSR count). The molecular weight excluding hydrogens is 277 g/mol. The van der Waals surface area contributed by atoms with Crippen molar-refractivity contribution in [3.63, 3.8) is 0 Å². The Balaban J connectivity index is 1.97. The van der Waals surface area contributed by atoms with E-state index >= 15 is 0 Å². The maximum Gasteiger partial charge on any atom is 0.142 e. The van der Waals surface area contributed by atoms with Gasteiger partial charge in [0, 0.05) is 18.8 Å². The lowest BCUT2D eigenvalue weighted by atomic mass is 10.1. The van der Waals surface area contributed by atoms with Crippen LogP contribution in [0.3, 0.4) is 0 Å². The molecule has 2 aromatic carbocycles. The smallest absolute Gasteiger partial charge is 0.142 e. The predicted octanol–water partition coefficient (Wildman–Crippen LogP) is 4.02. The molecule has 0 amide bonds. The number of aryl methyl sites for hydroxylation is 1. The van der Waals surface area contributed by atoms with E-state index in [4.69, 9.17) is 16.7 Å². The van der Waals surface area contributed by atoms with Crippen molar-refractivity contribution in [2.45, 2.75) is 19.4 Å². The highest BCUT2D eigenvalue weighted by Crippen LogP contribution is 2.17. The van der Waals surface area contributed by atoms with Gasteiger partial charge in [0.15, 0.2) is 0 Å². The number of hydrogen-bond acceptors (Lipinski definition) is 2. The molecule has 2 N–H and O–H groups in total. The van der Waals surface area contributed by atoms with Crippen molar-refractivity contribution in [2.75, 3.05) is 11.9 Å². The molecule has 0 bridgehead atoms. The summed E-state index contributed by atoms with van der Waals surface area (Å²) in [6.07, 6.45) is 1.60. The van der Waals surface area contributed by atoms with E-state index < -0.39 is 5.82 Å². The van der Waals surface area contributed by atoms with Gasteiger partial charge in [-0.15, -0.1) is 0 Å². The third-order valence-corrected chi connectivity index (χ3v) is 3.34. The molecule has 0 aromatic heterocycles. The Morgan fingerprint density at radius 3 is 2.70 bits per heavy atom. The fourth-order valence-corrected chi connectivity index (χ4v) is 2.09. The Kier molecular flexibility index (Phi) is 5.39. The highest BCUT2D eigenvalue weighted by atomic mass is 35.5. The molecule has 2 aromatic rings. The van der Waals surface area contributed by atoms with E-state index in [1.54, 1.807) is 12.1 Å². The molecule has 0 fully saturated rings. The molecule has 4 heteroatoms. The molecule has 20 heavy (non-hydrogen) atoms. The van der Waals surface area contributed by atoms with Crippen LogP contribution in [0.4, 0.5) is 10.1 Å². The second kappa shape index (κ2) is 7.27. The van der Waals surface area contributed by atoms with Gasteiger partial charge >= 0.3 is 0 Å². The van der Waals surface area contributed by atoms with Gasteiger partial charge in [-0.2, -0.15) is 0 Å². The van der Waals surface area contributed by atoms with Gasteiger partial charge in [0.05, 0.1) is 5.02 Å². The van der Waals surface area contributed by atoms with Gasteiger partial charge in [0.1, 0.15) is 5.82 Å². The van der Waals surface area contributed by atoms with Crippen LogP contribution < -0.4 is 5.32 Å². The van der Waals surface area contributed by atoms with Crippen molar-refractivity contribution in [1.82, 2.24) is 0 Å². The van der Waals surface area contributed by atoms with E-state index in [1.807, 2.05) is 24.3 Å². The molecular formula is C16H17ClFNO. The second-order valence-electron chi connectivity index (χ2n) is 4.63. The van der Waals surface area contributed by atoms with Crippen LogP contribution in [0.2, 0.25) is 5.02 Å². The molecule has 0 spiro atoms. The highest BCUT2D eigenvalue weighted by Gasteiger charge is 2.01. The average Bonchev–Trinajstić information content (AvgIpc) is 2.47. The molecule has 0 unspecified atom stereocenters. The quantitative estimate of drug-likeness (QED) is 0.843. The number of nitrogens with one attached hydrogen (secondary N) is 1. The Labute approximate surface area is 123 Å². The van der Waals surface area contributed by atoms with Gasteiger partial charge in [-0.3, -0.25) is 0 Å². The lowest BCUT2D eigenvalue weighted by Crippen LogP contribution is -2.00. The van der Waals surface area contributed by atoms with E-state index in [1.165, 1.54) is 11.6 Å². The zero-order valence-electron chi connectivity index (χ0n) is 11.1. The minimum absolute atomic E-state index is 0.139. The Morgan fingerprint density at radius 2 is 1.95 bits per heavy atom.